The van der Waals surface area contributed by atoms with Crippen LogP contribution in [0, 0.1) is 0 Å². The van der Waals surface area contributed by atoms with Gasteiger partial charge >= 0.3 is 0 Å². The van der Waals surface area contributed by atoms with E-state index in [9.17, 15) is 4.79 Å². The summed E-state index contributed by atoms with van der Waals surface area (Å²) in [5, 5.41) is 0. The number of hydrogen-bond donors (Lipinski definition) is 0. The summed E-state index contributed by atoms with van der Waals surface area (Å²) < 4.78 is 5.34. The lowest BCUT2D eigenvalue weighted by molar-refractivity contribution is -0.140. The van der Waals surface area contributed by atoms with Crippen LogP contribution in [0.4, 0.5) is 0 Å². The van der Waals surface area contributed by atoms with Crippen molar-refractivity contribution in [1.29, 1.82) is 0 Å². The molecule has 0 bridgehead atoms. The van der Waals surface area contributed by atoms with Crippen LogP contribution in [0.2, 0.25) is 0 Å². The van der Waals surface area contributed by atoms with Crippen molar-refractivity contribution in [3.05, 3.63) is 12.2 Å². The number of rotatable bonds is 2. The van der Waals surface area contributed by atoms with Gasteiger partial charge in [0.25, 0.3) is 0 Å². The Morgan fingerprint density at radius 1 is 1.11 bits per heavy atom. The molecule has 2 aliphatic heterocycles. The molecule has 0 aromatic rings. The second-order valence-corrected chi connectivity index (χ2v) is 5.76. The molecule has 2 atom stereocenters. The summed E-state index contributed by atoms with van der Waals surface area (Å²) in [7, 11) is 0. The van der Waals surface area contributed by atoms with Crippen LogP contribution in [0.25, 0.3) is 0 Å². The minimum atomic E-state index is 0.117. The molecule has 0 saturated carbocycles. The fourth-order valence-corrected chi connectivity index (χ4v) is 3.52. The number of amides is 1. The predicted octanol–water partition coefficient (Wildman–Crippen LogP) is 1.42. The molecule has 0 aromatic heterocycles. The van der Waals surface area contributed by atoms with E-state index < -0.39 is 0 Å². The minimum Gasteiger partial charge on any atom is -0.378 e. The molecule has 4 nitrogen and oxygen atoms in total. The number of hydrogen-bond acceptors (Lipinski definition) is 3. The van der Waals surface area contributed by atoms with Crippen molar-refractivity contribution in [1.82, 2.24) is 9.80 Å². The maximum absolute atomic E-state index is 12.7. The first-order valence-electron chi connectivity index (χ1n) is 7.65. The Kier molecular flexibility index (Phi) is 4.18. The molecule has 0 N–H and O–H groups in total. The molecule has 1 amide bonds. The highest BCUT2D eigenvalue weighted by atomic mass is 16.5. The molecule has 0 spiro atoms. The van der Waals surface area contributed by atoms with E-state index in [1.165, 1.54) is 19.3 Å². The second kappa shape index (κ2) is 6.06. The topological polar surface area (TPSA) is 32.8 Å². The number of likely N-dealkylation sites (tertiary alicyclic amines) is 1. The smallest absolute Gasteiger partial charge is 0.240 e. The van der Waals surface area contributed by atoms with Crippen molar-refractivity contribution in [2.75, 3.05) is 32.8 Å². The molecular formula is C15H24N2O2. The van der Waals surface area contributed by atoms with E-state index >= 15 is 0 Å². The van der Waals surface area contributed by atoms with Gasteiger partial charge in [0.1, 0.15) is 0 Å². The molecule has 3 aliphatic rings. The lowest BCUT2D eigenvalue weighted by Crippen LogP contribution is -2.51. The average molecular weight is 264 g/mol. The van der Waals surface area contributed by atoms with Crippen LogP contribution in [0.5, 0.6) is 0 Å². The molecule has 19 heavy (non-hydrogen) atoms. The van der Waals surface area contributed by atoms with Gasteiger partial charge in [-0.05, 0) is 38.6 Å². The van der Waals surface area contributed by atoms with Gasteiger partial charge in [0.2, 0.25) is 5.91 Å². The van der Waals surface area contributed by atoms with E-state index in [4.69, 9.17) is 4.74 Å². The Bertz CT molecular complexity index is 350. The molecule has 106 valence electrons. The Hall–Kier alpha value is -0.870. The van der Waals surface area contributed by atoms with Gasteiger partial charge in [-0.2, -0.15) is 0 Å². The van der Waals surface area contributed by atoms with Gasteiger partial charge in [-0.25, -0.2) is 0 Å². The van der Waals surface area contributed by atoms with Crippen LogP contribution in [0.1, 0.15) is 32.1 Å². The Balaban J connectivity index is 1.66. The quantitative estimate of drug-likeness (QED) is 0.707. The highest BCUT2D eigenvalue weighted by molar-refractivity contribution is 5.82. The van der Waals surface area contributed by atoms with Crippen molar-refractivity contribution < 1.29 is 9.53 Å². The summed E-state index contributed by atoms with van der Waals surface area (Å²) in [5.41, 5.74) is 0. The molecule has 2 saturated heterocycles. The van der Waals surface area contributed by atoms with Gasteiger partial charge in [-0.1, -0.05) is 12.2 Å². The average Bonchev–Trinajstić information content (AvgIpc) is 2.98. The SMILES string of the molecule is O=C(C1CCCN1C1C=CCCC1)N1CCOCC1. The fraction of sp³-hybridized carbons (Fsp3) is 0.800. The third-order valence-corrected chi connectivity index (χ3v) is 4.56. The summed E-state index contributed by atoms with van der Waals surface area (Å²) in [4.78, 5) is 17.1. The van der Waals surface area contributed by atoms with E-state index in [0.717, 1.165) is 32.5 Å². The van der Waals surface area contributed by atoms with Crippen LogP contribution in [0.3, 0.4) is 0 Å². The number of allylic oxidation sites excluding steroid dienone is 1. The molecule has 4 heteroatoms. The van der Waals surface area contributed by atoms with Gasteiger partial charge in [0, 0.05) is 19.1 Å². The maximum Gasteiger partial charge on any atom is 0.240 e. The number of ether oxygens (including phenoxy) is 1. The van der Waals surface area contributed by atoms with Crippen molar-refractivity contribution in [2.45, 2.75) is 44.2 Å². The summed E-state index contributed by atoms with van der Waals surface area (Å²) in [5.74, 6) is 0.333. The first kappa shape index (κ1) is 13.1. The van der Waals surface area contributed by atoms with Crippen LogP contribution >= 0.6 is 0 Å². The van der Waals surface area contributed by atoms with Gasteiger partial charge in [-0.15, -0.1) is 0 Å². The first-order chi connectivity index (χ1) is 9.36. The molecule has 0 aromatic carbocycles. The Morgan fingerprint density at radius 3 is 2.68 bits per heavy atom. The van der Waals surface area contributed by atoms with Gasteiger partial charge in [0.05, 0.1) is 19.3 Å². The summed E-state index contributed by atoms with van der Waals surface area (Å²) >= 11 is 0. The van der Waals surface area contributed by atoms with E-state index in [-0.39, 0.29) is 6.04 Å². The minimum absolute atomic E-state index is 0.117. The monoisotopic (exact) mass is 264 g/mol. The zero-order valence-corrected chi connectivity index (χ0v) is 11.6. The molecule has 0 radical (unpaired) electrons. The van der Waals surface area contributed by atoms with Crippen LogP contribution in [-0.4, -0.2) is 60.6 Å². The molecule has 3 rings (SSSR count). The molecule has 2 heterocycles. The molecule has 1 aliphatic carbocycles. The standard InChI is InChI=1S/C15H24N2O2/c18-15(16-9-11-19-12-10-16)14-7-4-8-17(14)13-5-2-1-3-6-13/h2,5,13-14H,1,3-4,6-12H2. The lowest BCUT2D eigenvalue weighted by atomic mass is 10.0. The normalized spacial score (nSPS) is 32.7. The zero-order chi connectivity index (χ0) is 13.1. The van der Waals surface area contributed by atoms with Crippen molar-refractivity contribution in [3.8, 4) is 0 Å². The molecule has 2 fully saturated rings. The van der Waals surface area contributed by atoms with Gasteiger partial charge in [0.15, 0.2) is 0 Å². The molecular weight excluding hydrogens is 240 g/mol. The third-order valence-electron chi connectivity index (χ3n) is 4.56. The Labute approximate surface area is 115 Å². The zero-order valence-electron chi connectivity index (χ0n) is 11.6. The van der Waals surface area contributed by atoms with Crippen molar-refractivity contribution >= 4 is 5.91 Å². The maximum atomic E-state index is 12.7. The predicted molar refractivity (Wildman–Crippen MR) is 73.9 cm³/mol. The summed E-state index contributed by atoms with van der Waals surface area (Å²) in [6.45, 7) is 4.01. The number of nitrogens with zero attached hydrogens (tertiary/aromatic N) is 2. The second-order valence-electron chi connectivity index (χ2n) is 5.76. The summed E-state index contributed by atoms with van der Waals surface area (Å²) in [6, 6.07) is 0.608. The highest BCUT2D eigenvalue weighted by Gasteiger charge is 2.37. The highest BCUT2D eigenvalue weighted by Crippen LogP contribution is 2.27. The third kappa shape index (κ3) is 2.84. The van der Waals surface area contributed by atoms with Gasteiger partial charge < -0.3 is 9.64 Å². The van der Waals surface area contributed by atoms with E-state index in [2.05, 4.69) is 17.1 Å². The Morgan fingerprint density at radius 2 is 1.95 bits per heavy atom. The van der Waals surface area contributed by atoms with E-state index in [1.54, 1.807) is 0 Å². The largest absolute Gasteiger partial charge is 0.378 e. The number of morpholine rings is 1. The lowest BCUT2D eigenvalue weighted by Gasteiger charge is -2.36. The number of carbonyl (C=O) groups is 1. The summed E-state index contributed by atoms with van der Waals surface area (Å²) in [6.07, 6.45) is 10.5. The number of carbonyl (C=O) groups excluding carboxylic acids is 1. The molecule has 2 unspecified atom stereocenters. The van der Waals surface area contributed by atoms with Crippen LogP contribution in [0.15, 0.2) is 12.2 Å². The van der Waals surface area contributed by atoms with Crippen molar-refractivity contribution in [2.24, 2.45) is 0 Å². The van der Waals surface area contributed by atoms with Gasteiger partial charge in [-0.3, -0.25) is 9.69 Å². The van der Waals surface area contributed by atoms with Crippen LogP contribution < -0.4 is 0 Å². The van der Waals surface area contributed by atoms with Crippen molar-refractivity contribution in [3.63, 3.8) is 0 Å². The first-order valence-corrected chi connectivity index (χ1v) is 7.65. The van der Waals surface area contributed by atoms with Crippen LogP contribution in [-0.2, 0) is 9.53 Å². The van der Waals surface area contributed by atoms with E-state index in [1.807, 2.05) is 4.90 Å². The van der Waals surface area contributed by atoms with E-state index in [0.29, 0.717) is 25.2 Å². The fourth-order valence-electron chi connectivity index (χ4n) is 3.52.